The average molecular weight is 360 g/mol. The molecule has 0 unspecified atom stereocenters. The van der Waals surface area contributed by atoms with Gasteiger partial charge in [0.1, 0.15) is 12.1 Å². The first kappa shape index (κ1) is 15.5. The Labute approximate surface area is 153 Å². The number of hydrogen-bond donors (Lipinski definition) is 2. The van der Waals surface area contributed by atoms with Crippen LogP contribution in [0.1, 0.15) is 17.5 Å². The zero-order chi connectivity index (χ0) is 18.4. The summed E-state index contributed by atoms with van der Waals surface area (Å²) in [6.45, 7) is 4.19. The average Bonchev–Trinajstić information content (AvgIpc) is 3.35. The molecular weight excluding hydrogens is 344 g/mol. The van der Waals surface area contributed by atoms with Gasteiger partial charge in [-0.25, -0.2) is 0 Å². The number of aromatic amines is 1. The second kappa shape index (κ2) is 5.90. The molecule has 0 saturated carbocycles. The maximum Gasteiger partial charge on any atom is 0.237 e. The fourth-order valence-corrected chi connectivity index (χ4v) is 3.14. The molecule has 4 aromatic heterocycles. The van der Waals surface area contributed by atoms with Crippen molar-refractivity contribution in [3.8, 4) is 0 Å². The summed E-state index contributed by atoms with van der Waals surface area (Å²) in [6.07, 6.45) is 1.75. The van der Waals surface area contributed by atoms with E-state index in [2.05, 4.69) is 41.9 Å². The Hall–Kier alpha value is -3.75. The third-order valence-electron chi connectivity index (χ3n) is 4.37. The van der Waals surface area contributed by atoms with E-state index in [4.69, 9.17) is 4.42 Å². The van der Waals surface area contributed by atoms with Crippen LogP contribution in [0.5, 0.6) is 0 Å². The summed E-state index contributed by atoms with van der Waals surface area (Å²) in [5.41, 5.74) is 4.53. The molecule has 0 fully saturated rings. The van der Waals surface area contributed by atoms with Gasteiger partial charge in [0.25, 0.3) is 0 Å². The number of anilines is 2. The maximum atomic E-state index is 5.47. The van der Waals surface area contributed by atoms with Crippen molar-refractivity contribution in [2.75, 3.05) is 5.32 Å². The van der Waals surface area contributed by atoms with Crippen molar-refractivity contribution in [3.05, 3.63) is 54.0 Å². The molecule has 5 aromatic rings. The summed E-state index contributed by atoms with van der Waals surface area (Å²) in [6, 6.07) is 9.87. The van der Waals surface area contributed by atoms with Gasteiger partial charge in [-0.2, -0.15) is 10.2 Å². The van der Waals surface area contributed by atoms with E-state index in [-0.39, 0.29) is 0 Å². The summed E-state index contributed by atoms with van der Waals surface area (Å²) in [5.74, 6) is 1.77. The molecule has 0 aliphatic rings. The molecule has 0 atom stereocenters. The van der Waals surface area contributed by atoms with Crippen LogP contribution in [0.15, 0.2) is 40.9 Å². The highest BCUT2D eigenvalue weighted by molar-refractivity contribution is 5.90. The van der Waals surface area contributed by atoms with Crippen molar-refractivity contribution in [2.45, 2.75) is 20.4 Å². The summed E-state index contributed by atoms with van der Waals surface area (Å²) in [5, 5.41) is 24.2. The van der Waals surface area contributed by atoms with Crippen molar-refractivity contribution in [3.63, 3.8) is 0 Å². The molecule has 0 saturated heterocycles. The minimum absolute atomic E-state index is 0.436. The van der Waals surface area contributed by atoms with Gasteiger partial charge in [-0.05, 0) is 37.3 Å². The van der Waals surface area contributed by atoms with Crippen molar-refractivity contribution >= 4 is 33.4 Å². The molecule has 0 aliphatic carbocycles. The molecule has 5 rings (SSSR count). The molecule has 2 N–H and O–H groups in total. The lowest BCUT2D eigenvalue weighted by molar-refractivity contribution is 0.447. The Bertz CT molecular complexity index is 1270. The van der Waals surface area contributed by atoms with Gasteiger partial charge in [-0.1, -0.05) is 0 Å². The third-order valence-corrected chi connectivity index (χ3v) is 4.37. The molecule has 0 bridgehead atoms. The highest BCUT2D eigenvalue weighted by Gasteiger charge is 2.13. The van der Waals surface area contributed by atoms with Gasteiger partial charge >= 0.3 is 0 Å². The lowest BCUT2D eigenvalue weighted by atomic mass is 10.2. The monoisotopic (exact) mass is 360 g/mol. The second-order valence-electron chi connectivity index (χ2n) is 6.29. The number of fused-ring (bicyclic) bond motifs is 2. The Balaban J connectivity index is 1.49. The molecule has 9 heteroatoms. The summed E-state index contributed by atoms with van der Waals surface area (Å²) >= 11 is 0. The fourth-order valence-electron chi connectivity index (χ4n) is 3.14. The molecule has 134 valence electrons. The number of H-pyrrole nitrogens is 1. The molecule has 1 aromatic carbocycles. The van der Waals surface area contributed by atoms with Crippen molar-refractivity contribution < 1.29 is 4.42 Å². The van der Waals surface area contributed by atoms with Gasteiger partial charge in [0.2, 0.25) is 11.8 Å². The number of pyridine rings is 1. The Morgan fingerprint density at radius 2 is 2.11 bits per heavy atom. The molecule has 0 amide bonds. The van der Waals surface area contributed by atoms with E-state index in [1.165, 1.54) is 0 Å². The number of aromatic nitrogens is 7. The van der Waals surface area contributed by atoms with Gasteiger partial charge < -0.3 is 9.73 Å². The Morgan fingerprint density at radius 1 is 1.19 bits per heavy atom. The van der Waals surface area contributed by atoms with Crippen molar-refractivity contribution in [1.82, 2.24) is 35.2 Å². The van der Waals surface area contributed by atoms with E-state index in [0.717, 1.165) is 33.3 Å². The predicted octanol–water partition coefficient (Wildman–Crippen LogP) is 3.10. The maximum absolute atomic E-state index is 5.47. The fraction of sp³-hybridized carbons (Fsp3) is 0.167. The summed E-state index contributed by atoms with van der Waals surface area (Å²) in [4.78, 5) is 4.37. The Kier molecular flexibility index (Phi) is 3.39. The number of benzene rings is 1. The van der Waals surface area contributed by atoms with Crippen molar-refractivity contribution in [2.24, 2.45) is 0 Å². The highest BCUT2D eigenvalue weighted by atomic mass is 16.4. The van der Waals surface area contributed by atoms with Gasteiger partial charge in [-0.15, -0.1) is 10.2 Å². The van der Waals surface area contributed by atoms with Gasteiger partial charge in [0, 0.05) is 24.2 Å². The van der Waals surface area contributed by atoms with E-state index in [9.17, 15) is 0 Å². The minimum atomic E-state index is 0.436. The largest absolute Gasteiger partial charge is 0.424 e. The predicted molar refractivity (Wildman–Crippen MR) is 99.8 cm³/mol. The first-order valence-electron chi connectivity index (χ1n) is 8.49. The van der Waals surface area contributed by atoms with E-state index in [1.807, 2.05) is 35.9 Å². The van der Waals surface area contributed by atoms with Gasteiger partial charge in [0.05, 0.1) is 16.7 Å². The van der Waals surface area contributed by atoms with E-state index >= 15 is 0 Å². The lowest BCUT2D eigenvalue weighted by Gasteiger charge is -2.05. The van der Waals surface area contributed by atoms with Crippen LogP contribution in [0.25, 0.3) is 21.9 Å². The zero-order valence-electron chi connectivity index (χ0n) is 14.8. The number of nitrogens with one attached hydrogen (secondary N) is 2. The molecule has 4 heterocycles. The van der Waals surface area contributed by atoms with Crippen LogP contribution >= 0.6 is 0 Å². The minimum Gasteiger partial charge on any atom is -0.424 e. The van der Waals surface area contributed by atoms with Crippen molar-refractivity contribution in [1.29, 1.82) is 0 Å². The van der Waals surface area contributed by atoms with Crippen LogP contribution < -0.4 is 5.32 Å². The van der Waals surface area contributed by atoms with Gasteiger partial charge in [-0.3, -0.25) is 14.8 Å². The third kappa shape index (κ3) is 2.69. The van der Waals surface area contributed by atoms with Crippen LogP contribution in [0.2, 0.25) is 0 Å². The number of nitrogens with zero attached hydrogens (tertiary/aromatic N) is 6. The summed E-state index contributed by atoms with van der Waals surface area (Å²) < 4.78 is 7.33. The normalized spacial score (nSPS) is 11.5. The standard InChI is InChI=1S/C18H16N8O/c1-10-13-8-12(20-18-17-14(22-24-18)4-3-7-19-17)5-6-15(13)26(25-10)9-16-23-21-11(2)27-16/h3-8H,9H2,1-2H3,(H2,20,22,24). The van der Waals surface area contributed by atoms with E-state index < -0.39 is 0 Å². The Morgan fingerprint density at radius 3 is 2.96 bits per heavy atom. The summed E-state index contributed by atoms with van der Waals surface area (Å²) in [7, 11) is 0. The molecular formula is C18H16N8O. The van der Waals surface area contributed by atoms with E-state index in [0.29, 0.717) is 24.1 Å². The van der Waals surface area contributed by atoms with Crippen LogP contribution in [-0.2, 0) is 6.54 Å². The zero-order valence-corrected chi connectivity index (χ0v) is 14.8. The number of aryl methyl sites for hydroxylation is 2. The smallest absolute Gasteiger partial charge is 0.237 e. The molecule has 0 radical (unpaired) electrons. The van der Waals surface area contributed by atoms with Crippen LogP contribution in [-0.4, -0.2) is 35.2 Å². The van der Waals surface area contributed by atoms with E-state index in [1.54, 1.807) is 13.1 Å². The topological polar surface area (TPSA) is 110 Å². The number of rotatable bonds is 4. The molecule has 0 aliphatic heterocycles. The molecule has 27 heavy (non-hydrogen) atoms. The van der Waals surface area contributed by atoms with Gasteiger partial charge in [0.15, 0.2) is 5.82 Å². The van der Waals surface area contributed by atoms with Crippen LogP contribution in [0.3, 0.4) is 0 Å². The second-order valence-corrected chi connectivity index (χ2v) is 6.29. The first-order chi connectivity index (χ1) is 13.2. The van der Waals surface area contributed by atoms with Crippen LogP contribution in [0, 0.1) is 13.8 Å². The molecule has 9 nitrogen and oxygen atoms in total. The number of hydrogen-bond acceptors (Lipinski definition) is 7. The molecule has 0 spiro atoms. The highest BCUT2D eigenvalue weighted by Crippen LogP contribution is 2.26. The SMILES string of the molecule is Cc1nnc(Cn2nc(C)c3cc(Nc4n[nH]c5cccnc45)ccc32)o1. The van der Waals surface area contributed by atoms with Crippen LogP contribution in [0.4, 0.5) is 11.5 Å². The first-order valence-corrected chi connectivity index (χ1v) is 8.49. The quantitative estimate of drug-likeness (QED) is 0.506. The lowest BCUT2D eigenvalue weighted by Crippen LogP contribution is -2.02.